The van der Waals surface area contributed by atoms with Crippen LogP contribution in [0.5, 0.6) is 0 Å². The van der Waals surface area contributed by atoms with Gasteiger partial charge < -0.3 is 5.32 Å². The van der Waals surface area contributed by atoms with Crippen LogP contribution in [0.15, 0.2) is 6.20 Å². The summed E-state index contributed by atoms with van der Waals surface area (Å²) in [5.74, 6) is 2.65. The van der Waals surface area contributed by atoms with E-state index in [-0.39, 0.29) is 0 Å². The number of aromatic nitrogens is 2. The summed E-state index contributed by atoms with van der Waals surface area (Å²) in [6.07, 6.45) is 5.89. The van der Waals surface area contributed by atoms with Crippen molar-refractivity contribution in [3.8, 4) is 0 Å². The smallest absolute Gasteiger partial charge is 0.0626 e. The van der Waals surface area contributed by atoms with Crippen LogP contribution in [0.3, 0.4) is 0 Å². The maximum absolute atomic E-state index is 4.36. The lowest BCUT2D eigenvalue weighted by atomic mass is 10.1. The normalized spacial score (nSPS) is 17.9. The second-order valence-corrected chi connectivity index (χ2v) is 5.73. The van der Waals surface area contributed by atoms with Gasteiger partial charge in [-0.15, -0.1) is 0 Å². The molecule has 0 bridgehead atoms. The zero-order valence-electron chi connectivity index (χ0n) is 10.2. The van der Waals surface area contributed by atoms with Crippen LogP contribution in [-0.2, 0) is 13.5 Å². The van der Waals surface area contributed by atoms with Crippen LogP contribution >= 0.6 is 11.8 Å². The Labute approximate surface area is 102 Å². The fourth-order valence-corrected chi connectivity index (χ4v) is 3.31. The minimum atomic E-state index is 0.748. The van der Waals surface area contributed by atoms with Crippen molar-refractivity contribution >= 4 is 11.8 Å². The highest BCUT2D eigenvalue weighted by atomic mass is 32.2. The average molecular weight is 239 g/mol. The summed E-state index contributed by atoms with van der Waals surface area (Å²) >= 11 is 2.08. The fraction of sp³-hybridized carbons (Fsp3) is 0.750. The summed E-state index contributed by atoms with van der Waals surface area (Å²) in [7, 11) is 1.99. The van der Waals surface area contributed by atoms with Crippen molar-refractivity contribution in [2.75, 3.05) is 18.1 Å². The molecule has 3 nitrogen and oxygen atoms in total. The van der Waals surface area contributed by atoms with Gasteiger partial charge in [-0.05, 0) is 49.8 Å². The molecule has 2 rings (SSSR count). The van der Waals surface area contributed by atoms with Crippen molar-refractivity contribution in [2.45, 2.75) is 32.2 Å². The highest BCUT2D eigenvalue weighted by molar-refractivity contribution is 7.99. The second-order valence-electron chi connectivity index (χ2n) is 4.50. The number of aryl methyl sites for hydroxylation is 2. The van der Waals surface area contributed by atoms with E-state index in [0.717, 1.165) is 19.0 Å². The Morgan fingerprint density at radius 2 is 2.25 bits per heavy atom. The van der Waals surface area contributed by atoms with E-state index in [9.17, 15) is 0 Å². The SMILES string of the molecule is Cc1nn(C)cc1CCNC1CCSCC1. The van der Waals surface area contributed by atoms with Gasteiger partial charge in [-0.1, -0.05) is 0 Å². The molecule has 1 fully saturated rings. The molecule has 0 aliphatic carbocycles. The van der Waals surface area contributed by atoms with Gasteiger partial charge >= 0.3 is 0 Å². The monoisotopic (exact) mass is 239 g/mol. The zero-order chi connectivity index (χ0) is 11.4. The molecule has 90 valence electrons. The molecule has 1 N–H and O–H groups in total. The van der Waals surface area contributed by atoms with Crippen molar-refractivity contribution in [3.63, 3.8) is 0 Å². The van der Waals surface area contributed by atoms with Crippen molar-refractivity contribution in [1.29, 1.82) is 0 Å². The predicted molar refractivity (Wildman–Crippen MR) is 70.0 cm³/mol. The van der Waals surface area contributed by atoms with Crippen LogP contribution in [0.1, 0.15) is 24.1 Å². The Morgan fingerprint density at radius 1 is 1.50 bits per heavy atom. The molecule has 1 aromatic heterocycles. The summed E-state index contributed by atoms with van der Waals surface area (Å²) in [5, 5.41) is 8.02. The van der Waals surface area contributed by atoms with Crippen LogP contribution in [-0.4, -0.2) is 33.9 Å². The quantitative estimate of drug-likeness (QED) is 0.868. The molecule has 0 amide bonds. The molecular formula is C12H21N3S. The molecule has 0 radical (unpaired) electrons. The summed E-state index contributed by atoms with van der Waals surface area (Å²) < 4.78 is 1.90. The molecule has 2 heterocycles. The predicted octanol–water partition coefficient (Wildman–Crippen LogP) is 1.76. The third kappa shape index (κ3) is 3.25. The van der Waals surface area contributed by atoms with Crippen LogP contribution in [0.4, 0.5) is 0 Å². The Morgan fingerprint density at radius 3 is 2.88 bits per heavy atom. The number of rotatable bonds is 4. The van der Waals surface area contributed by atoms with E-state index in [0.29, 0.717) is 0 Å². The van der Waals surface area contributed by atoms with Gasteiger partial charge in [-0.3, -0.25) is 4.68 Å². The topological polar surface area (TPSA) is 29.9 Å². The molecule has 0 unspecified atom stereocenters. The van der Waals surface area contributed by atoms with Gasteiger partial charge in [-0.25, -0.2) is 0 Å². The van der Waals surface area contributed by atoms with Crippen LogP contribution in [0.2, 0.25) is 0 Å². The minimum Gasteiger partial charge on any atom is -0.314 e. The molecule has 16 heavy (non-hydrogen) atoms. The lowest BCUT2D eigenvalue weighted by Crippen LogP contribution is -2.33. The first-order valence-electron chi connectivity index (χ1n) is 6.06. The first-order valence-corrected chi connectivity index (χ1v) is 7.21. The lowest BCUT2D eigenvalue weighted by molar-refractivity contribution is 0.486. The number of hydrogen-bond donors (Lipinski definition) is 1. The molecule has 1 saturated heterocycles. The van der Waals surface area contributed by atoms with Crippen molar-refractivity contribution in [3.05, 3.63) is 17.5 Å². The summed E-state index contributed by atoms with van der Waals surface area (Å²) in [5.41, 5.74) is 2.55. The van der Waals surface area contributed by atoms with Crippen LogP contribution in [0, 0.1) is 6.92 Å². The minimum absolute atomic E-state index is 0.748. The maximum atomic E-state index is 4.36. The Balaban J connectivity index is 1.73. The highest BCUT2D eigenvalue weighted by Gasteiger charge is 2.12. The standard InChI is InChI=1S/C12H21N3S/c1-10-11(9-15(2)14-10)3-6-13-12-4-7-16-8-5-12/h9,12-13H,3-8H2,1-2H3. The maximum Gasteiger partial charge on any atom is 0.0626 e. The second kappa shape index (κ2) is 5.73. The molecule has 1 aromatic rings. The lowest BCUT2D eigenvalue weighted by Gasteiger charge is -2.22. The summed E-state index contributed by atoms with van der Waals surface area (Å²) in [6.45, 7) is 3.18. The highest BCUT2D eigenvalue weighted by Crippen LogP contribution is 2.16. The molecular weight excluding hydrogens is 218 g/mol. The van der Waals surface area contributed by atoms with Gasteiger partial charge in [0, 0.05) is 19.3 Å². The molecule has 0 spiro atoms. The average Bonchev–Trinajstić information content (AvgIpc) is 2.59. The van der Waals surface area contributed by atoms with Gasteiger partial charge in [0.25, 0.3) is 0 Å². The zero-order valence-corrected chi connectivity index (χ0v) is 11.0. The molecule has 0 atom stereocenters. The number of nitrogens with one attached hydrogen (secondary N) is 1. The number of thioether (sulfide) groups is 1. The van der Waals surface area contributed by atoms with Crippen molar-refractivity contribution in [1.82, 2.24) is 15.1 Å². The van der Waals surface area contributed by atoms with E-state index in [1.54, 1.807) is 0 Å². The fourth-order valence-electron chi connectivity index (χ4n) is 2.21. The van der Waals surface area contributed by atoms with Gasteiger partial charge in [0.15, 0.2) is 0 Å². The Hall–Kier alpha value is -0.480. The molecule has 0 saturated carbocycles. The van der Waals surface area contributed by atoms with E-state index in [1.807, 2.05) is 11.7 Å². The van der Waals surface area contributed by atoms with Crippen LogP contribution < -0.4 is 5.32 Å². The van der Waals surface area contributed by atoms with E-state index in [1.165, 1.54) is 35.6 Å². The summed E-state index contributed by atoms with van der Waals surface area (Å²) in [4.78, 5) is 0. The third-order valence-corrected chi connectivity index (χ3v) is 4.21. The molecule has 0 aromatic carbocycles. The Kier molecular flexibility index (Phi) is 4.29. The van der Waals surface area contributed by atoms with Gasteiger partial charge in [0.2, 0.25) is 0 Å². The number of hydrogen-bond acceptors (Lipinski definition) is 3. The molecule has 1 aliphatic rings. The largest absolute Gasteiger partial charge is 0.314 e. The van der Waals surface area contributed by atoms with Gasteiger partial charge in [0.05, 0.1) is 5.69 Å². The van der Waals surface area contributed by atoms with E-state index in [4.69, 9.17) is 0 Å². The first-order chi connectivity index (χ1) is 7.75. The van der Waals surface area contributed by atoms with E-state index in [2.05, 4.69) is 35.3 Å². The number of nitrogens with zero attached hydrogens (tertiary/aromatic N) is 2. The van der Waals surface area contributed by atoms with Crippen molar-refractivity contribution < 1.29 is 0 Å². The van der Waals surface area contributed by atoms with Crippen LogP contribution in [0.25, 0.3) is 0 Å². The summed E-state index contributed by atoms with van der Waals surface area (Å²) in [6, 6.07) is 0.748. The molecule has 4 heteroatoms. The van der Waals surface area contributed by atoms with Crippen molar-refractivity contribution in [2.24, 2.45) is 7.05 Å². The van der Waals surface area contributed by atoms with E-state index < -0.39 is 0 Å². The molecule has 1 aliphatic heterocycles. The van der Waals surface area contributed by atoms with Gasteiger partial charge in [-0.2, -0.15) is 16.9 Å². The third-order valence-electron chi connectivity index (χ3n) is 3.16. The first kappa shape index (κ1) is 12.0. The Bertz CT molecular complexity index is 329. The van der Waals surface area contributed by atoms with E-state index >= 15 is 0 Å². The van der Waals surface area contributed by atoms with Gasteiger partial charge in [0.1, 0.15) is 0 Å².